The summed E-state index contributed by atoms with van der Waals surface area (Å²) in [6, 6.07) is 15.0. The van der Waals surface area contributed by atoms with Crippen molar-refractivity contribution in [1.29, 1.82) is 0 Å². The Kier molecular flexibility index (Phi) is 5.56. The Bertz CT molecular complexity index is 1070. The molecule has 8 heteroatoms. The summed E-state index contributed by atoms with van der Waals surface area (Å²) in [5, 5.41) is 0.655. The van der Waals surface area contributed by atoms with E-state index in [0.29, 0.717) is 55.7 Å². The first-order chi connectivity index (χ1) is 15.1. The lowest BCUT2D eigenvalue weighted by molar-refractivity contribution is -0.187. The van der Waals surface area contributed by atoms with Crippen molar-refractivity contribution in [2.75, 3.05) is 26.3 Å². The van der Waals surface area contributed by atoms with Crippen molar-refractivity contribution in [2.24, 2.45) is 0 Å². The number of fused-ring (bicyclic) bond motifs is 1. The van der Waals surface area contributed by atoms with Crippen molar-refractivity contribution in [3.05, 3.63) is 59.4 Å². The third kappa shape index (κ3) is 4.26. The van der Waals surface area contributed by atoms with Gasteiger partial charge in [-0.1, -0.05) is 23.7 Å². The van der Waals surface area contributed by atoms with Gasteiger partial charge in [0.25, 0.3) is 0 Å². The first kappa shape index (κ1) is 20.3. The van der Waals surface area contributed by atoms with Crippen LogP contribution in [0.2, 0.25) is 5.02 Å². The van der Waals surface area contributed by atoms with E-state index in [1.54, 1.807) is 12.1 Å². The summed E-state index contributed by atoms with van der Waals surface area (Å²) in [6.45, 7) is 2.99. The van der Waals surface area contributed by atoms with Crippen LogP contribution < -0.4 is 4.74 Å². The summed E-state index contributed by atoms with van der Waals surface area (Å²) in [4.78, 5) is 19.7. The molecular weight excluding hydrogens is 418 g/mol. The summed E-state index contributed by atoms with van der Waals surface area (Å²) in [5.41, 5.74) is 1.76. The number of piperidine rings is 1. The summed E-state index contributed by atoms with van der Waals surface area (Å²) in [6.07, 6.45) is 1.41. The minimum atomic E-state index is -0.490. The van der Waals surface area contributed by atoms with Gasteiger partial charge in [-0.3, -0.25) is 4.79 Å². The maximum atomic E-state index is 13.1. The van der Waals surface area contributed by atoms with Crippen LogP contribution in [0, 0.1) is 0 Å². The molecule has 0 radical (unpaired) electrons. The van der Waals surface area contributed by atoms with E-state index >= 15 is 0 Å². The number of hydrogen-bond donors (Lipinski definition) is 0. The Balaban J connectivity index is 1.31. The lowest BCUT2D eigenvalue weighted by Crippen LogP contribution is -2.48. The Labute approximate surface area is 185 Å². The fourth-order valence-corrected chi connectivity index (χ4v) is 4.33. The Hall–Kier alpha value is -2.61. The Morgan fingerprint density at radius 3 is 2.52 bits per heavy atom. The van der Waals surface area contributed by atoms with Crippen LogP contribution in [0.1, 0.15) is 18.7 Å². The first-order valence-electron chi connectivity index (χ1n) is 10.5. The summed E-state index contributed by atoms with van der Waals surface area (Å²) in [5.74, 6) is 0.979. The smallest absolute Gasteiger partial charge is 0.242 e. The number of imidazole rings is 1. The number of rotatable bonds is 5. The quantitative estimate of drug-likeness (QED) is 0.604. The van der Waals surface area contributed by atoms with Gasteiger partial charge in [0.1, 0.15) is 24.7 Å². The number of carbonyl (C=O) groups excluding carboxylic acids is 1. The molecule has 5 rings (SSSR count). The molecule has 162 valence electrons. The maximum absolute atomic E-state index is 13.1. The number of aromatic nitrogens is 2. The summed E-state index contributed by atoms with van der Waals surface area (Å²) < 4.78 is 19.4. The predicted molar refractivity (Wildman–Crippen MR) is 116 cm³/mol. The van der Waals surface area contributed by atoms with Crippen molar-refractivity contribution in [1.82, 2.24) is 14.5 Å². The number of benzene rings is 2. The molecule has 1 amide bonds. The van der Waals surface area contributed by atoms with Crippen molar-refractivity contribution in [3.63, 3.8) is 0 Å². The van der Waals surface area contributed by atoms with E-state index in [2.05, 4.69) is 0 Å². The topological polar surface area (TPSA) is 65.8 Å². The molecule has 0 bridgehead atoms. The van der Waals surface area contributed by atoms with Crippen molar-refractivity contribution in [3.8, 4) is 5.75 Å². The molecule has 2 saturated heterocycles. The van der Waals surface area contributed by atoms with Gasteiger partial charge < -0.3 is 23.7 Å². The van der Waals surface area contributed by atoms with Crippen LogP contribution in [0.3, 0.4) is 0 Å². The molecular formula is C23H24ClN3O4. The normalized spacial score (nSPS) is 18.0. The summed E-state index contributed by atoms with van der Waals surface area (Å²) in [7, 11) is 0. The van der Waals surface area contributed by atoms with Gasteiger partial charge in [-0.25, -0.2) is 4.98 Å². The number of ether oxygens (including phenoxy) is 3. The zero-order chi connectivity index (χ0) is 21.3. The minimum absolute atomic E-state index is 0.0590. The first-order valence-corrected chi connectivity index (χ1v) is 10.9. The van der Waals surface area contributed by atoms with E-state index in [0.717, 1.165) is 11.0 Å². The predicted octanol–water partition coefficient (Wildman–Crippen LogP) is 3.63. The van der Waals surface area contributed by atoms with E-state index < -0.39 is 5.79 Å². The SMILES string of the molecule is O=C(Cn1c(COc2ccc(Cl)cc2)nc2ccccc21)N1CCC2(CC1)OCCO2. The molecule has 3 heterocycles. The third-order valence-corrected chi connectivity index (χ3v) is 6.15. The number of nitrogens with zero attached hydrogens (tertiary/aromatic N) is 3. The molecule has 2 aliphatic rings. The van der Waals surface area contributed by atoms with Crippen LogP contribution in [0.25, 0.3) is 11.0 Å². The highest BCUT2D eigenvalue weighted by Gasteiger charge is 2.40. The average Bonchev–Trinajstić information content (AvgIpc) is 3.39. The van der Waals surface area contributed by atoms with Crippen LogP contribution in [-0.4, -0.2) is 52.4 Å². The van der Waals surface area contributed by atoms with Crippen LogP contribution >= 0.6 is 11.6 Å². The highest BCUT2D eigenvalue weighted by Crippen LogP contribution is 2.31. The van der Waals surface area contributed by atoms with E-state index in [1.165, 1.54) is 0 Å². The monoisotopic (exact) mass is 441 g/mol. The molecule has 2 aromatic carbocycles. The molecule has 0 aliphatic carbocycles. The zero-order valence-electron chi connectivity index (χ0n) is 17.1. The fraction of sp³-hybridized carbons (Fsp3) is 0.391. The van der Waals surface area contributed by atoms with Crippen molar-refractivity contribution >= 4 is 28.5 Å². The lowest BCUT2D eigenvalue weighted by atomic mass is 10.0. The average molecular weight is 442 g/mol. The second-order valence-corrected chi connectivity index (χ2v) is 8.27. The second-order valence-electron chi connectivity index (χ2n) is 7.83. The van der Waals surface area contributed by atoms with Gasteiger partial charge in [0, 0.05) is 31.0 Å². The highest BCUT2D eigenvalue weighted by atomic mass is 35.5. The molecule has 1 spiro atoms. The fourth-order valence-electron chi connectivity index (χ4n) is 4.21. The van der Waals surface area contributed by atoms with Gasteiger partial charge in [-0.05, 0) is 36.4 Å². The van der Waals surface area contributed by atoms with Gasteiger partial charge in [0.15, 0.2) is 5.79 Å². The van der Waals surface area contributed by atoms with Gasteiger partial charge in [-0.15, -0.1) is 0 Å². The Morgan fingerprint density at radius 2 is 1.77 bits per heavy atom. The van der Waals surface area contributed by atoms with E-state index in [9.17, 15) is 4.79 Å². The molecule has 1 aromatic heterocycles. The number of amides is 1. The van der Waals surface area contributed by atoms with E-state index in [1.807, 2.05) is 45.9 Å². The molecule has 2 aliphatic heterocycles. The lowest BCUT2D eigenvalue weighted by Gasteiger charge is -2.37. The molecule has 7 nitrogen and oxygen atoms in total. The van der Waals surface area contributed by atoms with Gasteiger partial charge in [0.05, 0.1) is 24.2 Å². The number of para-hydroxylation sites is 2. The number of likely N-dealkylation sites (tertiary alicyclic amines) is 1. The summed E-state index contributed by atoms with van der Waals surface area (Å²) >= 11 is 5.95. The van der Waals surface area contributed by atoms with E-state index in [4.69, 9.17) is 30.8 Å². The molecule has 0 unspecified atom stereocenters. The standard InChI is InChI=1S/C23H24ClN3O4/c24-17-5-7-18(8-6-17)29-16-21-25-19-3-1-2-4-20(19)27(21)15-22(28)26-11-9-23(10-12-26)30-13-14-31-23/h1-8H,9-16H2. The van der Waals surface area contributed by atoms with Crippen molar-refractivity contribution < 1.29 is 19.0 Å². The largest absolute Gasteiger partial charge is 0.486 e. The highest BCUT2D eigenvalue weighted by molar-refractivity contribution is 6.30. The molecule has 2 fully saturated rings. The molecule has 3 aromatic rings. The Morgan fingerprint density at radius 1 is 1.06 bits per heavy atom. The van der Waals surface area contributed by atoms with E-state index in [-0.39, 0.29) is 19.1 Å². The van der Waals surface area contributed by atoms with Gasteiger partial charge >= 0.3 is 0 Å². The molecule has 31 heavy (non-hydrogen) atoms. The van der Waals surface area contributed by atoms with Crippen molar-refractivity contribution in [2.45, 2.75) is 31.8 Å². The molecule has 0 N–H and O–H groups in total. The number of carbonyl (C=O) groups is 1. The zero-order valence-corrected chi connectivity index (χ0v) is 17.9. The molecule has 0 saturated carbocycles. The van der Waals surface area contributed by atoms with Crippen LogP contribution in [0.4, 0.5) is 0 Å². The van der Waals surface area contributed by atoms with Crippen LogP contribution in [0.15, 0.2) is 48.5 Å². The van der Waals surface area contributed by atoms with Gasteiger partial charge in [0.2, 0.25) is 5.91 Å². The number of halogens is 1. The van der Waals surface area contributed by atoms with Crippen LogP contribution in [0.5, 0.6) is 5.75 Å². The van der Waals surface area contributed by atoms with Crippen LogP contribution in [-0.2, 0) is 27.4 Å². The third-order valence-electron chi connectivity index (χ3n) is 5.90. The number of hydrogen-bond acceptors (Lipinski definition) is 5. The maximum Gasteiger partial charge on any atom is 0.242 e. The minimum Gasteiger partial charge on any atom is -0.486 e. The second kappa shape index (κ2) is 8.49. The van der Waals surface area contributed by atoms with Gasteiger partial charge in [-0.2, -0.15) is 0 Å². The molecule has 0 atom stereocenters.